The summed E-state index contributed by atoms with van der Waals surface area (Å²) in [5.74, 6) is 0.497. The molecule has 1 aliphatic rings. The molecule has 0 saturated carbocycles. The number of anilines is 1. The normalized spacial score (nSPS) is 18.0. The van der Waals surface area contributed by atoms with Gasteiger partial charge in [0.1, 0.15) is 11.3 Å². The molecule has 122 valence electrons. The van der Waals surface area contributed by atoms with E-state index in [1.165, 1.54) is 6.07 Å². The van der Waals surface area contributed by atoms with Gasteiger partial charge in [0.05, 0.1) is 5.39 Å². The maximum Gasteiger partial charge on any atom is 0.193 e. The second-order valence-corrected chi connectivity index (χ2v) is 6.17. The fourth-order valence-corrected chi connectivity index (χ4v) is 3.14. The predicted octanol–water partition coefficient (Wildman–Crippen LogP) is 2.65. The Bertz CT molecular complexity index is 921. The molecule has 5 heteroatoms. The van der Waals surface area contributed by atoms with Crippen LogP contribution in [0.1, 0.15) is 6.92 Å². The summed E-state index contributed by atoms with van der Waals surface area (Å²) in [7, 11) is 0. The lowest BCUT2D eigenvalue weighted by atomic mass is 10.1. The van der Waals surface area contributed by atoms with Gasteiger partial charge in [-0.1, -0.05) is 6.07 Å². The van der Waals surface area contributed by atoms with Crippen LogP contribution in [-0.4, -0.2) is 30.7 Å². The molecule has 0 aliphatic carbocycles. The van der Waals surface area contributed by atoms with Crippen molar-refractivity contribution in [2.45, 2.75) is 13.0 Å². The van der Waals surface area contributed by atoms with E-state index in [0.717, 1.165) is 25.3 Å². The number of fused-ring (bicyclic) bond motifs is 1. The van der Waals surface area contributed by atoms with Gasteiger partial charge >= 0.3 is 0 Å². The van der Waals surface area contributed by atoms with E-state index in [4.69, 9.17) is 4.42 Å². The molecule has 3 aromatic rings. The van der Waals surface area contributed by atoms with E-state index in [2.05, 4.69) is 22.1 Å². The molecule has 0 amide bonds. The number of nitrogens with one attached hydrogen (secondary N) is 1. The van der Waals surface area contributed by atoms with Gasteiger partial charge in [0.2, 0.25) is 0 Å². The van der Waals surface area contributed by atoms with Crippen LogP contribution < -0.4 is 15.6 Å². The number of nitrogens with zero attached hydrogens (tertiary/aromatic N) is 2. The molecule has 0 spiro atoms. The lowest BCUT2D eigenvalue weighted by Gasteiger charge is -2.33. The van der Waals surface area contributed by atoms with Crippen molar-refractivity contribution in [2.75, 3.05) is 24.5 Å². The highest BCUT2D eigenvalue weighted by Gasteiger charge is 2.17. The smallest absolute Gasteiger partial charge is 0.193 e. The first-order chi connectivity index (χ1) is 11.7. The number of aromatic nitrogens is 1. The topological polar surface area (TPSA) is 58.4 Å². The van der Waals surface area contributed by atoms with Gasteiger partial charge in [0.25, 0.3) is 0 Å². The van der Waals surface area contributed by atoms with E-state index in [9.17, 15) is 4.79 Å². The van der Waals surface area contributed by atoms with E-state index in [-0.39, 0.29) is 5.43 Å². The number of pyridine rings is 1. The molecule has 1 aromatic carbocycles. The van der Waals surface area contributed by atoms with Crippen molar-refractivity contribution in [3.8, 4) is 11.5 Å². The van der Waals surface area contributed by atoms with E-state index in [1.54, 1.807) is 6.20 Å². The summed E-state index contributed by atoms with van der Waals surface area (Å²) in [5, 5.41) is 4.04. The van der Waals surface area contributed by atoms with Crippen LogP contribution in [0.25, 0.3) is 22.4 Å². The molecule has 0 bridgehead atoms. The van der Waals surface area contributed by atoms with Crippen LogP contribution in [0.3, 0.4) is 0 Å². The zero-order valence-electron chi connectivity index (χ0n) is 13.5. The summed E-state index contributed by atoms with van der Waals surface area (Å²) < 4.78 is 5.90. The van der Waals surface area contributed by atoms with Gasteiger partial charge in [0, 0.05) is 43.6 Å². The highest BCUT2D eigenvalue weighted by atomic mass is 16.3. The Morgan fingerprint density at radius 2 is 2.17 bits per heavy atom. The zero-order chi connectivity index (χ0) is 16.5. The Morgan fingerprint density at radius 3 is 2.96 bits per heavy atom. The van der Waals surface area contributed by atoms with E-state index < -0.39 is 0 Å². The maximum absolute atomic E-state index is 12.6. The first kappa shape index (κ1) is 14.9. The molecule has 3 heterocycles. The SMILES string of the molecule is C[C@@H]1CN(c2ccc3oc(-c4ccccn4)cc(=O)c3c2)CCN1. The predicted molar refractivity (Wildman–Crippen MR) is 95.4 cm³/mol. The van der Waals surface area contributed by atoms with Crippen molar-refractivity contribution in [1.29, 1.82) is 0 Å². The number of hydrogen-bond acceptors (Lipinski definition) is 5. The van der Waals surface area contributed by atoms with Gasteiger partial charge in [-0.15, -0.1) is 0 Å². The summed E-state index contributed by atoms with van der Waals surface area (Å²) >= 11 is 0. The fraction of sp³-hybridized carbons (Fsp3) is 0.263. The third-order valence-electron chi connectivity index (χ3n) is 4.36. The van der Waals surface area contributed by atoms with Crippen LogP contribution >= 0.6 is 0 Å². The molecule has 5 nitrogen and oxygen atoms in total. The lowest BCUT2D eigenvalue weighted by molar-refractivity contribution is 0.485. The Balaban J connectivity index is 1.76. The maximum atomic E-state index is 12.6. The van der Waals surface area contributed by atoms with Crippen molar-refractivity contribution >= 4 is 16.7 Å². The van der Waals surface area contributed by atoms with Gasteiger partial charge < -0.3 is 14.6 Å². The van der Waals surface area contributed by atoms with Crippen molar-refractivity contribution in [2.24, 2.45) is 0 Å². The van der Waals surface area contributed by atoms with E-state index >= 15 is 0 Å². The summed E-state index contributed by atoms with van der Waals surface area (Å²) in [6.07, 6.45) is 1.69. The minimum Gasteiger partial charge on any atom is -0.454 e. The number of hydrogen-bond donors (Lipinski definition) is 1. The summed E-state index contributed by atoms with van der Waals surface area (Å²) in [6.45, 7) is 4.99. The molecule has 1 atom stereocenters. The molecular weight excluding hydrogens is 302 g/mol. The standard InChI is InChI=1S/C19H19N3O2/c1-13-12-22(9-8-20-13)14-5-6-18-15(10-14)17(23)11-19(24-18)16-4-2-3-7-21-16/h2-7,10-11,13,20H,8-9,12H2,1H3/t13-/m1/s1. The zero-order valence-corrected chi connectivity index (χ0v) is 13.5. The van der Waals surface area contributed by atoms with Gasteiger partial charge in [-0.2, -0.15) is 0 Å². The minimum atomic E-state index is -0.0399. The molecule has 0 radical (unpaired) electrons. The Hall–Kier alpha value is -2.66. The monoisotopic (exact) mass is 321 g/mol. The molecule has 1 N–H and O–H groups in total. The molecule has 4 rings (SSSR count). The van der Waals surface area contributed by atoms with Gasteiger partial charge in [-0.05, 0) is 37.3 Å². The highest BCUT2D eigenvalue weighted by Crippen LogP contribution is 2.24. The Kier molecular flexibility index (Phi) is 3.78. The second kappa shape index (κ2) is 6.09. The number of piperazine rings is 1. The van der Waals surface area contributed by atoms with E-state index in [0.29, 0.717) is 28.5 Å². The molecular formula is C19H19N3O2. The van der Waals surface area contributed by atoms with Gasteiger partial charge in [-0.3, -0.25) is 9.78 Å². The average molecular weight is 321 g/mol. The van der Waals surface area contributed by atoms with Crippen LogP contribution in [0.2, 0.25) is 0 Å². The van der Waals surface area contributed by atoms with Gasteiger partial charge in [0.15, 0.2) is 11.2 Å². The average Bonchev–Trinajstić information content (AvgIpc) is 2.62. The van der Waals surface area contributed by atoms with Crippen molar-refractivity contribution < 1.29 is 4.42 Å². The van der Waals surface area contributed by atoms with Crippen molar-refractivity contribution in [3.63, 3.8) is 0 Å². The quantitative estimate of drug-likeness (QED) is 0.786. The molecule has 1 saturated heterocycles. The number of rotatable bonds is 2. The van der Waals surface area contributed by atoms with Crippen LogP contribution in [0.4, 0.5) is 5.69 Å². The van der Waals surface area contributed by atoms with Crippen molar-refractivity contribution in [1.82, 2.24) is 10.3 Å². The fourth-order valence-electron chi connectivity index (χ4n) is 3.14. The molecule has 24 heavy (non-hydrogen) atoms. The molecule has 1 fully saturated rings. The first-order valence-corrected chi connectivity index (χ1v) is 8.18. The highest BCUT2D eigenvalue weighted by molar-refractivity contribution is 5.82. The first-order valence-electron chi connectivity index (χ1n) is 8.18. The Morgan fingerprint density at radius 1 is 1.25 bits per heavy atom. The van der Waals surface area contributed by atoms with Crippen molar-refractivity contribution in [3.05, 3.63) is 58.9 Å². The summed E-state index contributed by atoms with van der Waals surface area (Å²) in [5.41, 5.74) is 2.28. The molecule has 2 aromatic heterocycles. The second-order valence-electron chi connectivity index (χ2n) is 6.17. The van der Waals surface area contributed by atoms with Gasteiger partial charge in [-0.25, -0.2) is 0 Å². The third kappa shape index (κ3) is 2.78. The third-order valence-corrected chi connectivity index (χ3v) is 4.36. The summed E-state index contributed by atoms with van der Waals surface area (Å²) in [4.78, 5) is 19.1. The summed E-state index contributed by atoms with van der Waals surface area (Å²) in [6, 6.07) is 13.3. The van der Waals surface area contributed by atoms with Crippen LogP contribution in [0.15, 0.2) is 57.9 Å². The molecule has 1 aliphatic heterocycles. The minimum absolute atomic E-state index is 0.0399. The van der Waals surface area contributed by atoms with Crippen LogP contribution in [-0.2, 0) is 0 Å². The lowest BCUT2D eigenvalue weighted by Crippen LogP contribution is -2.49. The van der Waals surface area contributed by atoms with Crippen LogP contribution in [0.5, 0.6) is 0 Å². The number of benzene rings is 1. The van der Waals surface area contributed by atoms with E-state index in [1.807, 2.05) is 36.4 Å². The molecule has 0 unspecified atom stereocenters. The Labute approximate surface area is 139 Å². The van der Waals surface area contributed by atoms with Crippen LogP contribution in [0, 0.1) is 0 Å². The largest absolute Gasteiger partial charge is 0.454 e.